The molecule has 0 bridgehead atoms. The van der Waals surface area contributed by atoms with Gasteiger partial charge in [0.15, 0.2) is 0 Å². The van der Waals surface area contributed by atoms with Gasteiger partial charge in [-0.2, -0.15) is 16.1 Å². The summed E-state index contributed by atoms with van der Waals surface area (Å²) in [5.74, 6) is 0.820. The Labute approximate surface area is 138 Å². The Balaban J connectivity index is 2.28. The lowest BCUT2D eigenvalue weighted by Gasteiger charge is -2.22. The standard InChI is InChI=1S/C13H17BrClNO2S2/c1-13(2)5-6-16(7-8-19-13)20(17,18)10-3-4-12(15)11(14)9-10/h3-4,9H,5-8H2,1-2H3. The number of nitrogens with zero attached hydrogens (tertiary/aromatic N) is 1. The molecular weight excluding hydrogens is 382 g/mol. The molecule has 0 aromatic heterocycles. The Bertz CT molecular complexity index is 604. The molecular formula is C13H17BrClNO2S2. The smallest absolute Gasteiger partial charge is 0.207 e. The Morgan fingerprint density at radius 3 is 2.70 bits per heavy atom. The summed E-state index contributed by atoms with van der Waals surface area (Å²) in [5.41, 5.74) is 0. The van der Waals surface area contributed by atoms with E-state index in [2.05, 4.69) is 29.8 Å². The lowest BCUT2D eigenvalue weighted by molar-refractivity contribution is 0.415. The van der Waals surface area contributed by atoms with Crippen molar-refractivity contribution in [3.63, 3.8) is 0 Å². The SMILES string of the molecule is CC1(C)CCN(S(=O)(=O)c2ccc(Cl)c(Br)c2)CCS1. The zero-order valence-electron chi connectivity index (χ0n) is 11.4. The van der Waals surface area contributed by atoms with Crippen LogP contribution in [-0.2, 0) is 10.0 Å². The van der Waals surface area contributed by atoms with Crippen LogP contribution in [0.4, 0.5) is 0 Å². The Morgan fingerprint density at radius 2 is 2.05 bits per heavy atom. The van der Waals surface area contributed by atoms with Crippen molar-refractivity contribution in [2.45, 2.75) is 29.9 Å². The number of sulfonamides is 1. The van der Waals surface area contributed by atoms with Gasteiger partial charge in [0.2, 0.25) is 10.0 Å². The zero-order valence-corrected chi connectivity index (χ0v) is 15.4. The number of rotatable bonds is 2. The van der Waals surface area contributed by atoms with Crippen molar-refractivity contribution in [2.24, 2.45) is 0 Å². The third-order valence-corrected chi connectivity index (χ3v) is 7.81. The summed E-state index contributed by atoms with van der Waals surface area (Å²) in [5, 5.41) is 0.511. The number of hydrogen-bond donors (Lipinski definition) is 0. The third-order valence-electron chi connectivity index (χ3n) is 3.33. The Kier molecular flexibility index (Phi) is 5.12. The molecule has 0 spiro atoms. The molecule has 112 valence electrons. The fraction of sp³-hybridized carbons (Fsp3) is 0.538. The van der Waals surface area contributed by atoms with Crippen LogP contribution in [0.25, 0.3) is 0 Å². The molecule has 3 nitrogen and oxygen atoms in total. The largest absolute Gasteiger partial charge is 0.243 e. The van der Waals surface area contributed by atoms with E-state index < -0.39 is 10.0 Å². The Hall–Kier alpha value is 0.250. The monoisotopic (exact) mass is 397 g/mol. The van der Waals surface area contributed by atoms with E-state index in [9.17, 15) is 8.42 Å². The molecule has 1 aromatic carbocycles. The van der Waals surface area contributed by atoms with Gasteiger partial charge in [0, 0.05) is 28.1 Å². The number of thioether (sulfide) groups is 1. The molecule has 0 unspecified atom stereocenters. The molecule has 1 saturated heterocycles. The maximum atomic E-state index is 12.7. The van der Waals surface area contributed by atoms with Crippen molar-refractivity contribution in [3.8, 4) is 0 Å². The topological polar surface area (TPSA) is 37.4 Å². The molecule has 1 heterocycles. The summed E-state index contributed by atoms with van der Waals surface area (Å²) in [6.45, 7) is 5.43. The first-order valence-electron chi connectivity index (χ1n) is 6.31. The van der Waals surface area contributed by atoms with E-state index in [-0.39, 0.29) is 4.75 Å². The lowest BCUT2D eigenvalue weighted by Crippen LogP contribution is -2.33. The second-order valence-electron chi connectivity index (χ2n) is 5.34. The van der Waals surface area contributed by atoms with Crippen molar-refractivity contribution < 1.29 is 8.42 Å². The van der Waals surface area contributed by atoms with Crippen LogP contribution >= 0.6 is 39.3 Å². The van der Waals surface area contributed by atoms with Gasteiger partial charge in [0.25, 0.3) is 0 Å². The molecule has 0 N–H and O–H groups in total. The molecule has 0 atom stereocenters. The first-order valence-corrected chi connectivity index (χ1v) is 9.91. The van der Waals surface area contributed by atoms with E-state index >= 15 is 0 Å². The van der Waals surface area contributed by atoms with Crippen LogP contribution in [0.5, 0.6) is 0 Å². The second-order valence-corrected chi connectivity index (χ2v) is 10.3. The summed E-state index contributed by atoms with van der Waals surface area (Å²) < 4.78 is 27.6. The van der Waals surface area contributed by atoms with Gasteiger partial charge in [-0.25, -0.2) is 8.42 Å². The van der Waals surface area contributed by atoms with Gasteiger partial charge in [-0.3, -0.25) is 0 Å². The molecule has 20 heavy (non-hydrogen) atoms. The zero-order chi connectivity index (χ0) is 15.0. The van der Waals surface area contributed by atoms with Gasteiger partial charge < -0.3 is 0 Å². The van der Waals surface area contributed by atoms with Crippen molar-refractivity contribution in [3.05, 3.63) is 27.7 Å². The highest BCUT2D eigenvalue weighted by Crippen LogP contribution is 2.33. The average molecular weight is 399 g/mol. The summed E-state index contributed by atoms with van der Waals surface area (Å²) in [6, 6.07) is 4.74. The van der Waals surface area contributed by atoms with Crippen molar-refractivity contribution in [1.29, 1.82) is 0 Å². The second kappa shape index (κ2) is 6.16. The maximum Gasteiger partial charge on any atom is 0.243 e. The van der Waals surface area contributed by atoms with Crippen LogP contribution < -0.4 is 0 Å². The van der Waals surface area contributed by atoms with Crippen LogP contribution in [0.3, 0.4) is 0 Å². The first kappa shape index (κ1) is 16.6. The predicted molar refractivity (Wildman–Crippen MR) is 89.1 cm³/mol. The van der Waals surface area contributed by atoms with Crippen molar-refractivity contribution in [1.82, 2.24) is 4.31 Å². The minimum atomic E-state index is -3.44. The molecule has 0 aliphatic carbocycles. The first-order chi connectivity index (χ1) is 9.22. The number of hydrogen-bond acceptors (Lipinski definition) is 3. The molecule has 1 fully saturated rings. The van der Waals surface area contributed by atoms with Gasteiger partial charge >= 0.3 is 0 Å². The van der Waals surface area contributed by atoms with E-state index in [0.717, 1.165) is 12.2 Å². The third kappa shape index (κ3) is 3.71. The van der Waals surface area contributed by atoms with E-state index in [1.807, 2.05) is 11.8 Å². The highest BCUT2D eigenvalue weighted by Gasteiger charge is 2.30. The van der Waals surface area contributed by atoms with E-state index in [1.54, 1.807) is 22.5 Å². The highest BCUT2D eigenvalue weighted by atomic mass is 79.9. The van der Waals surface area contributed by atoms with Crippen LogP contribution in [0.15, 0.2) is 27.6 Å². The minimum Gasteiger partial charge on any atom is -0.207 e. The van der Waals surface area contributed by atoms with Crippen LogP contribution in [0.1, 0.15) is 20.3 Å². The van der Waals surface area contributed by atoms with Crippen LogP contribution in [0, 0.1) is 0 Å². The van der Waals surface area contributed by atoms with Gasteiger partial charge in [-0.15, -0.1) is 0 Å². The fourth-order valence-corrected chi connectivity index (χ4v) is 5.36. The fourth-order valence-electron chi connectivity index (χ4n) is 2.03. The molecule has 1 aromatic rings. The quantitative estimate of drug-likeness (QED) is 0.755. The molecule has 2 rings (SSSR count). The van der Waals surface area contributed by atoms with Gasteiger partial charge in [-0.05, 0) is 40.5 Å². The summed E-state index contributed by atoms with van der Waals surface area (Å²) in [4.78, 5) is 0.290. The molecule has 7 heteroatoms. The molecule has 0 amide bonds. The number of benzene rings is 1. The van der Waals surface area contributed by atoms with E-state index in [1.165, 1.54) is 0 Å². The molecule has 0 saturated carbocycles. The summed E-state index contributed by atoms with van der Waals surface area (Å²) >= 11 is 11.0. The summed E-state index contributed by atoms with van der Waals surface area (Å²) in [6.07, 6.45) is 0.853. The Morgan fingerprint density at radius 1 is 1.35 bits per heavy atom. The van der Waals surface area contributed by atoms with Gasteiger partial charge in [-0.1, -0.05) is 25.4 Å². The molecule has 1 aliphatic rings. The lowest BCUT2D eigenvalue weighted by atomic mass is 10.1. The highest BCUT2D eigenvalue weighted by molar-refractivity contribution is 9.10. The maximum absolute atomic E-state index is 12.7. The minimum absolute atomic E-state index is 0.130. The van der Waals surface area contributed by atoms with Gasteiger partial charge in [0.05, 0.1) is 9.92 Å². The van der Waals surface area contributed by atoms with E-state index in [0.29, 0.717) is 27.5 Å². The summed E-state index contributed by atoms with van der Waals surface area (Å²) in [7, 11) is -3.44. The predicted octanol–water partition coefficient (Wildman–Crippen LogP) is 4.01. The van der Waals surface area contributed by atoms with Crippen LogP contribution in [0.2, 0.25) is 5.02 Å². The number of halogens is 2. The molecule has 1 aliphatic heterocycles. The van der Waals surface area contributed by atoms with E-state index in [4.69, 9.17) is 11.6 Å². The molecule has 0 radical (unpaired) electrons. The normalized spacial score (nSPS) is 20.6. The van der Waals surface area contributed by atoms with Crippen molar-refractivity contribution in [2.75, 3.05) is 18.8 Å². The van der Waals surface area contributed by atoms with Gasteiger partial charge in [0.1, 0.15) is 0 Å². The van der Waals surface area contributed by atoms with Crippen LogP contribution in [-0.4, -0.2) is 36.3 Å². The van der Waals surface area contributed by atoms with Crippen molar-refractivity contribution >= 4 is 49.3 Å². The average Bonchev–Trinajstić information content (AvgIpc) is 2.54.